The van der Waals surface area contributed by atoms with E-state index < -0.39 is 17.9 Å². The Morgan fingerprint density at radius 1 is 0.966 bits per heavy atom. The second-order valence-corrected chi connectivity index (χ2v) is 5.93. The van der Waals surface area contributed by atoms with Gasteiger partial charge in [0.2, 0.25) is 11.7 Å². The Balaban J connectivity index is 1.59. The highest BCUT2D eigenvalue weighted by Gasteiger charge is 2.35. The minimum Gasteiger partial charge on any atom is -0.459 e. The van der Waals surface area contributed by atoms with Crippen LogP contribution in [0.5, 0.6) is 11.6 Å². The molecule has 1 amide bonds. The summed E-state index contributed by atoms with van der Waals surface area (Å²) in [5.74, 6) is -1.53. The van der Waals surface area contributed by atoms with Gasteiger partial charge in [-0.05, 0) is 48.5 Å². The van der Waals surface area contributed by atoms with Gasteiger partial charge in [-0.25, -0.2) is 4.98 Å². The summed E-state index contributed by atoms with van der Waals surface area (Å²) in [7, 11) is 0. The van der Waals surface area contributed by atoms with E-state index in [1.54, 1.807) is 36.4 Å². The van der Waals surface area contributed by atoms with Crippen molar-refractivity contribution in [2.45, 2.75) is 6.18 Å². The average Bonchev–Trinajstić information content (AvgIpc) is 3.24. The molecule has 9 heteroatoms. The van der Waals surface area contributed by atoms with E-state index in [2.05, 4.69) is 15.3 Å². The molecular formula is C20H12F3N3O3. The average molecular weight is 399 g/mol. The van der Waals surface area contributed by atoms with Gasteiger partial charge >= 0.3 is 6.18 Å². The van der Waals surface area contributed by atoms with Crippen LogP contribution in [0.25, 0.3) is 10.9 Å². The first-order valence-corrected chi connectivity index (χ1v) is 8.37. The number of carbonyl (C=O) groups excluding carboxylic acids is 1. The van der Waals surface area contributed by atoms with E-state index in [0.717, 1.165) is 0 Å². The summed E-state index contributed by atoms with van der Waals surface area (Å²) in [6, 6.07) is 15.5. The van der Waals surface area contributed by atoms with Gasteiger partial charge in [-0.2, -0.15) is 18.2 Å². The third kappa shape index (κ3) is 4.03. The Morgan fingerprint density at radius 3 is 2.41 bits per heavy atom. The number of rotatable bonds is 4. The minimum atomic E-state index is -4.71. The molecule has 2 aromatic carbocycles. The molecule has 29 heavy (non-hydrogen) atoms. The molecule has 2 heterocycles. The SMILES string of the molecule is O=C(Nc1ccc(Oc2nc(C(F)(F)F)nc3ccccc23)cc1)c1ccco1. The lowest BCUT2D eigenvalue weighted by Crippen LogP contribution is -2.12. The quantitative estimate of drug-likeness (QED) is 0.505. The summed E-state index contributed by atoms with van der Waals surface area (Å²) in [6.45, 7) is 0. The molecule has 4 aromatic rings. The zero-order valence-electron chi connectivity index (χ0n) is 14.6. The van der Waals surface area contributed by atoms with Crippen LogP contribution in [0.3, 0.4) is 0 Å². The third-order valence-electron chi connectivity index (χ3n) is 3.89. The van der Waals surface area contributed by atoms with Gasteiger partial charge in [0.25, 0.3) is 5.91 Å². The van der Waals surface area contributed by atoms with E-state index in [9.17, 15) is 18.0 Å². The number of para-hydroxylation sites is 1. The second kappa shape index (κ2) is 7.27. The normalized spacial score (nSPS) is 11.4. The molecule has 0 bridgehead atoms. The lowest BCUT2D eigenvalue weighted by atomic mass is 10.2. The van der Waals surface area contributed by atoms with Gasteiger partial charge in [-0.1, -0.05) is 12.1 Å². The lowest BCUT2D eigenvalue weighted by molar-refractivity contribution is -0.144. The minimum absolute atomic E-state index is 0.118. The van der Waals surface area contributed by atoms with Crippen molar-refractivity contribution in [1.82, 2.24) is 9.97 Å². The summed E-state index contributed by atoms with van der Waals surface area (Å²) in [6.07, 6.45) is -3.32. The number of halogens is 3. The molecule has 0 radical (unpaired) electrons. The number of nitrogens with one attached hydrogen (secondary N) is 1. The second-order valence-electron chi connectivity index (χ2n) is 5.93. The van der Waals surface area contributed by atoms with Crippen LogP contribution in [-0.4, -0.2) is 15.9 Å². The number of anilines is 1. The highest BCUT2D eigenvalue weighted by atomic mass is 19.4. The zero-order valence-corrected chi connectivity index (χ0v) is 14.6. The van der Waals surface area contributed by atoms with Gasteiger partial charge in [0.05, 0.1) is 17.2 Å². The molecule has 0 aliphatic heterocycles. The number of alkyl halides is 3. The maximum atomic E-state index is 13.1. The van der Waals surface area contributed by atoms with E-state index in [1.165, 1.54) is 30.5 Å². The largest absolute Gasteiger partial charge is 0.459 e. The van der Waals surface area contributed by atoms with Crippen LogP contribution < -0.4 is 10.1 Å². The van der Waals surface area contributed by atoms with Crippen LogP contribution in [0, 0.1) is 0 Å². The van der Waals surface area contributed by atoms with Crippen LogP contribution in [0.15, 0.2) is 71.3 Å². The van der Waals surface area contributed by atoms with E-state index in [1.807, 2.05) is 0 Å². The molecule has 146 valence electrons. The molecule has 6 nitrogen and oxygen atoms in total. The molecule has 0 saturated heterocycles. The van der Waals surface area contributed by atoms with Gasteiger partial charge < -0.3 is 14.5 Å². The number of ether oxygens (including phenoxy) is 1. The topological polar surface area (TPSA) is 77.2 Å². The van der Waals surface area contributed by atoms with E-state index in [0.29, 0.717) is 11.1 Å². The van der Waals surface area contributed by atoms with Crippen LogP contribution in [0.4, 0.5) is 18.9 Å². The third-order valence-corrected chi connectivity index (χ3v) is 3.89. The number of fused-ring (bicyclic) bond motifs is 1. The zero-order chi connectivity index (χ0) is 20.4. The van der Waals surface area contributed by atoms with E-state index in [4.69, 9.17) is 9.15 Å². The summed E-state index contributed by atoms with van der Waals surface area (Å²) < 4.78 is 49.9. The van der Waals surface area contributed by atoms with Gasteiger partial charge in [-0.15, -0.1) is 0 Å². The van der Waals surface area contributed by atoms with Crippen molar-refractivity contribution >= 4 is 22.5 Å². The van der Waals surface area contributed by atoms with E-state index in [-0.39, 0.29) is 22.9 Å². The standard InChI is InChI=1S/C20H12F3N3O3/c21-20(22,23)19-25-15-5-2-1-4-14(15)18(26-19)29-13-9-7-12(8-10-13)24-17(27)16-6-3-11-28-16/h1-11H,(H,24,27). The molecular weight excluding hydrogens is 387 g/mol. The molecule has 2 aromatic heterocycles. The fourth-order valence-corrected chi connectivity index (χ4v) is 2.57. The van der Waals surface area contributed by atoms with Crippen LogP contribution in [0.1, 0.15) is 16.4 Å². The fraction of sp³-hybridized carbons (Fsp3) is 0.0500. The number of benzene rings is 2. The van der Waals surface area contributed by atoms with Gasteiger partial charge in [0.15, 0.2) is 5.76 Å². The Labute approximate surface area is 162 Å². The summed E-state index contributed by atoms with van der Waals surface area (Å²) in [4.78, 5) is 19.0. The number of nitrogens with zero attached hydrogens (tertiary/aromatic N) is 2. The number of furan rings is 1. The molecule has 0 saturated carbocycles. The molecule has 0 atom stereocenters. The number of hydrogen-bond donors (Lipinski definition) is 1. The molecule has 4 rings (SSSR count). The maximum absolute atomic E-state index is 13.1. The first kappa shape index (κ1) is 18.5. The summed E-state index contributed by atoms with van der Waals surface area (Å²) in [5, 5.41) is 2.97. The van der Waals surface area contributed by atoms with Crippen molar-refractivity contribution in [2.24, 2.45) is 0 Å². The van der Waals surface area contributed by atoms with Crippen molar-refractivity contribution in [3.63, 3.8) is 0 Å². The van der Waals surface area contributed by atoms with Crippen LogP contribution in [0.2, 0.25) is 0 Å². The molecule has 0 aliphatic rings. The smallest absolute Gasteiger partial charge is 0.451 e. The highest BCUT2D eigenvalue weighted by Crippen LogP contribution is 2.33. The lowest BCUT2D eigenvalue weighted by Gasteiger charge is -2.12. The van der Waals surface area contributed by atoms with Gasteiger partial charge in [0, 0.05) is 5.69 Å². The molecule has 0 spiro atoms. The molecule has 0 unspecified atom stereocenters. The number of carbonyl (C=O) groups is 1. The summed E-state index contributed by atoms with van der Waals surface area (Å²) in [5.41, 5.74) is 0.578. The molecule has 0 fully saturated rings. The predicted molar refractivity (Wildman–Crippen MR) is 97.7 cm³/mol. The van der Waals surface area contributed by atoms with Gasteiger partial charge in [0.1, 0.15) is 5.75 Å². The Kier molecular flexibility index (Phi) is 4.63. The number of aromatic nitrogens is 2. The highest BCUT2D eigenvalue weighted by molar-refractivity contribution is 6.02. The molecule has 1 N–H and O–H groups in total. The van der Waals surface area contributed by atoms with Crippen molar-refractivity contribution in [3.05, 3.63) is 78.5 Å². The number of amides is 1. The van der Waals surface area contributed by atoms with Crippen LogP contribution in [-0.2, 0) is 6.18 Å². The predicted octanol–water partition coefficient (Wildman–Crippen LogP) is 5.29. The Morgan fingerprint density at radius 2 is 1.72 bits per heavy atom. The summed E-state index contributed by atoms with van der Waals surface area (Å²) >= 11 is 0. The van der Waals surface area contributed by atoms with Gasteiger partial charge in [-0.3, -0.25) is 4.79 Å². The number of hydrogen-bond acceptors (Lipinski definition) is 5. The van der Waals surface area contributed by atoms with Crippen LogP contribution >= 0.6 is 0 Å². The van der Waals surface area contributed by atoms with Crippen molar-refractivity contribution in [3.8, 4) is 11.6 Å². The first-order chi connectivity index (χ1) is 13.9. The first-order valence-electron chi connectivity index (χ1n) is 8.37. The van der Waals surface area contributed by atoms with Crippen molar-refractivity contribution in [2.75, 3.05) is 5.32 Å². The van der Waals surface area contributed by atoms with Crippen molar-refractivity contribution < 1.29 is 27.1 Å². The monoisotopic (exact) mass is 399 g/mol. The Hall–Kier alpha value is -3.88. The Bertz CT molecular complexity index is 1160. The fourth-order valence-electron chi connectivity index (χ4n) is 2.57. The van der Waals surface area contributed by atoms with E-state index >= 15 is 0 Å². The maximum Gasteiger partial charge on any atom is 0.451 e. The molecule has 0 aliphatic carbocycles. The van der Waals surface area contributed by atoms with Crippen molar-refractivity contribution in [1.29, 1.82) is 0 Å².